The largest absolute Gasteiger partial charge is 0.358 e. The Balaban J connectivity index is 2.06. The number of hydrogen-bond acceptors (Lipinski definition) is 2. The van der Waals surface area contributed by atoms with Crippen LogP contribution in [0.3, 0.4) is 0 Å². The molecule has 0 spiro atoms. The van der Waals surface area contributed by atoms with Crippen molar-refractivity contribution in [3.05, 3.63) is 28.3 Å². The van der Waals surface area contributed by atoms with E-state index in [1.165, 1.54) is 22.3 Å². The average molecular weight is 262 g/mol. The van der Waals surface area contributed by atoms with Gasteiger partial charge in [0.1, 0.15) is 0 Å². The molecule has 5 heteroatoms. The Bertz CT molecular complexity index is 545. The van der Waals surface area contributed by atoms with E-state index in [0.717, 1.165) is 44.2 Å². The van der Waals surface area contributed by atoms with Crippen LogP contribution in [0.15, 0.2) is 10.4 Å². The number of aryl methyl sites for hydroxylation is 2. The fourth-order valence-electron chi connectivity index (χ4n) is 3.13. The van der Waals surface area contributed by atoms with Gasteiger partial charge >= 0.3 is 6.03 Å². The number of urea groups is 1. The molecule has 0 aliphatic heterocycles. The van der Waals surface area contributed by atoms with Crippen LogP contribution in [-0.4, -0.2) is 10.2 Å². The van der Waals surface area contributed by atoms with Gasteiger partial charge in [-0.2, -0.15) is 4.21 Å². The summed E-state index contributed by atoms with van der Waals surface area (Å²) in [4.78, 5) is 11.5. The quantitative estimate of drug-likeness (QED) is 0.845. The molecule has 2 amide bonds. The molecule has 0 aromatic heterocycles. The molecule has 0 heterocycles. The van der Waals surface area contributed by atoms with Gasteiger partial charge in [0.2, 0.25) is 11.5 Å². The van der Waals surface area contributed by atoms with Crippen LogP contribution >= 0.6 is 0 Å². The summed E-state index contributed by atoms with van der Waals surface area (Å²) in [6, 6.07) is 1.77. The van der Waals surface area contributed by atoms with E-state index >= 15 is 0 Å². The first-order valence-corrected chi connectivity index (χ1v) is 6.97. The van der Waals surface area contributed by atoms with Crippen molar-refractivity contribution in [3.63, 3.8) is 0 Å². The number of anilines is 1. The predicted molar refractivity (Wildman–Crippen MR) is 70.1 cm³/mol. The zero-order chi connectivity index (χ0) is 12.5. The summed E-state index contributed by atoms with van der Waals surface area (Å²) in [5.41, 5.74) is 6.19. The van der Waals surface area contributed by atoms with Gasteiger partial charge in [-0.15, -0.1) is 0 Å². The molecule has 1 N–H and O–H groups in total. The van der Waals surface area contributed by atoms with Crippen LogP contribution in [0.5, 0.6) is 0 Å². The van der Waals surface area contributed by atoms with Crippen molar-refractivity contribution in [2.75, 3.05) is 5.32 Å². The summed E-state index contributed by atoms with van der Waals surface area (Å²) in [6.45, 7) is 0. The molecular formula is C13H14N2O2S. The molecule has 1 aromatic rings. The van der Waals surface area contributed by atoms with Crippen LogP contribution in [0.1, 0.15) is 35.1 Å². The lowest BCUT2D eigenvalue weighted by Gasteiger charge is -2.14. The van der Waals surface area contributed by atoms with E-state index in [0.29, 0.717) is 0 Å². The molecule has 0 unspecified atom stereocenters. The summed E-state index contributed by atoms with van der Waals surface area (Å²) in [5, 5.41) is 2.82. The van der Waals surface area contributed by atoms with Crippen molar-refractivity contribution < 1.29 is 9.00 Å². The van der Waals surface area contributed by atoms with E-state index < -0.39 is 6.03 Å². The van der Waals surface area contributed by atoms with Gasteiger partial charge in [0.05, 0.1) is 0 Å². The third-order valence-corrected chi connectivity index (χ3v) is 4.07. The third-order valence-electron chi connectivity index (χ3n) is 3.83. The molecule has 2 aliphatic carbocycles. The maximum absolute atomic E-state index is 11.5. The monoisotopic (exact) mass is 262 g/mol. The van der Waals surface area contributed by atoms with Gasteiger partial charge in [-0.25, -0.2) is 4.79 Å². The first-order valence-electron chi connectivity index (χ1n) is 6.27. The van der Waals surface area contributed by atoms with Crippen molar-refractivity contribution >= 4 is 23.2 Å². The second kappa shape index (κ2) is 4.65. The van der Waals surface area contributed by atoms with Crippen molar-refractivity contribution in [3.8, 4) is 0 Å². The van der Waals surface area contributed by atoms with E-state index in [2.05, 4.69) is 15.7 Å². The van der Waals surface area contributed by atoms with E-state index in [-0.39, 0.29) is 11.5 Å². The molecule has 18 heavy (non-hydrogen) atoms. The first-order chi connectivity index (χ1) is 8.79. The SMILES string of the molecule is O=S=NC(=O)Nc1c2c(cc3c1CCC3)CCC2. The van der Waals surface area contributed by atoms with Gasteiger partial charge in [-0.3, -0.25) is 0 Å². The highest BCUT2D eigenvalue weighted by Gasteiger charge is 2.24. The van der Waals surface area contributed by atoms with Crippen LogP contribution < -0.4 is 5.32 Å². The molecule has 0 saturated heterocycles. The minimum atomic E-state index is -0.538. The van der Waals surface area contributed by atoms with Crippen molar-refractivity contribution in [1.82, 2.24) is 0 Å². The lowest BCUT2D eigenvalue weighted by atomic mass is 9.99. The molecule has 1 aromatic carbocycles. The van der Waals surface area contributed by atoms with Crippen LogP contribution in [0.4, 0.5) is 10.5 Å². The number of amides is 2. The fourth-order valence-corrected chi connectivity index (χ4v) is 3.24. The van der Waals surface area contributed by atoms with Gasteiger partial charge in [-0.1, -0.05) is 10.4 Å². The molecule has 2 aliphatic rings. The molecule has 0 bridgehead atoms. The number of rotatable bonds is 1. The van der Waals surface area contributed by atoms with Crippen molar-refractivity contribution in [1.29, 1.82) is 0 Å². The van der Waals surface area contributed by atoms with Crippen LogP contribution in [-0.2, 0) is 37.1 Å². The Labute approximate surface area is 109 Å². The molecule has 0 radical (unpaired) electrons. The summed E-state index contributed by atoms with van der Waals surface area (Å²) in [6.07, 6.45) is 6.52. The highest BCUT2D eigenvalue weighted by atomic mass is 32.1. The predicted octanol–water partition coefficient (Wildman–Crippen LogP) is 2.59. The number of carbonyl (C=O) groups is 1. The second-order valence-electron chi connectivity index (χ2n) is 4.83. The second-order valence-corrected chi connectivity index (χ2v) is 5.16. The highest BCUT2D eigenvalue weighted by Crippen LogP contribution is 2.38. The maximum Gasteiger partial charge on any atom is 0.358 e. The number of nitrogens with one attached hydrogen (secondary N) is 1. The van der Waals surface area contributed by atoms with E-state index in [1.54, 1.807) is 0 Å². The van der Waals surface area contributed by atoms with Crippen LogP contribution in [0.25, 0.3) is 0 Å². The molecule has 0 fully saturated rings. The van der Waals surface area contributed by atoms with Gasteiger partial charge in [0.15, 0.2) is 0 Å². The smallest absolute Gasteiger partial charge is 0.305 e. The topological polar surface area (TPSA) is 58.5 Å². The summed E-state index contributed by atoms with van der Waals surface area (Å²) >= 11 is -0.0415. The van der Waals surface area contributed by atoms with Crippen LogP contribution in [0.2, 0.25) is 0 Å². The zero-order valence-electron chi connectivity index (χ0n) is 9.99. The van der Waals surface area contributed by atoms with Gasteiger partial charge < -0.3 is 5.32 Å². The van der Waals surface area contributed by atoms with Gasteiger partial charge in [-0.05, 0) is 60.8 Å². The minimum absolute atomic E-state index is 0.0415. The lowest BCUT2D eigenvalue weighted by Crippen LogP contribution is -2.10. The molecule has 94 valence electrons. The molecule has 0 atom stereocenters. The maximum atomic E-state index is 11.5. The number of benzene rings is 1. The Morgan fingerprint density at radius 3 is 2.28 bits per heavy atom. The van der Waals surface area contributed by atoms with Crippen molar-refractivity contribution in [2.24, 2.45) is 4.36 Å². The Hall–Kier alpha value is -1.49. The minimum Gasteiger partial charge on any atom is -0.305 e. The molecule has 3 rings (SSSR count). The first kappa shape index (κ1) is 11.6. The summed E-state index contributed by atoms with van der Waals surface area (Å²) in [7, 11) is 0. The van der Waals surface area contributed by atoms with Gasteiger partial charge in [0.25, 0.3) is 0 Å². The molecule has 0 saturated carbocycles. The normalized spacial score (nSPS) is 16.0. The number of nitrogens with zero attached hydrogens (tertiary/aromatic N) is 1. The lowest BCUT2D eigenvalue weighted by molar-refractivity contribution is 0.260. The van der Waals surface area contributed by atoms with E-state index in [9.17, 15) is 9.00 Å². The fraction of sp³-hybridized carbons (Fsp3) is 0.462. The number of carbonyl (C=O) groups excluding carboxylic acids is 1. The average Bonchev–Trinajstić information content (AvgIpc) is 2.96. The molecular weight excluding hydrogens is 248 g/mol. The Morgan fingerprint density at radius 2 is 1.72 bits per heavy atom. The van der Waals surface area contributed by atoms with E-state index in [1.807, 2.05) is 0 Å². The summed E-state index contributed by atoms with van der Waals surface area (Å²) in [5.74, 6) is 0. The number of fused-ring (bicyclic) bond motifs is 2. The van der Waals surface area contributed by atoms with Gasteiger partial charge in [0, 0.05) is 5.69 Å². The zero-order valence-corrected chi connectivity index (χ0v) is 10.8. The third kappa shape index (κ3) is 1.88. The molecule has 4 nitrogen and oxygen atoms in total. The Morgan fingerprint density at radius 1 is 1.11 bits per heavy atom. The number of hydrogen-bond donors (Lipinski definition) is 1. The summed E-state index contributed by atoms with van der Waals surface area (Å²) < 4.78 is 13.6. The van der Waals surface area contributed by atoms with E-state index in [4.69, 9.17) is 0 Å². The van der Waals surface area contributed by atoms with Crippen molar-refractivity contribution in [2.45, 2.75) is 38.5 Å². The standard InChI is InChI=1S/C13H14N2O2S/c16-13(15-18-17)14-12-10-5-1-3-8(10)7-9-4-2-6-11(9)12/h7H,1-6H2,(H,14,16). The highest BCUT2D eigenvalue weighted by molar-refractivity contribution is 7.55. The Kier molecular flexibility index (Phi) is 2.99. The van der Waals surface area contributed by atoms with Crippen LogP contribution in [0, 0.1) is 0 Å².